The Labute approximate surface area is 184 Å². The van der Waals surface area contributed by atoms with Crippen LogP contribution in [-0.2, 0) is 12.6 Å². The lowest BCUT2D eigenvalue weighted by atomic mass is 9.77. The first-order valence-electron chi connectivity index (χ1n) is 11.7. The standard InChI is InChI=1S/C27H34F4/c1-3-19(2)4-5-20-6-8-21(9-7-20)10-11-22-12-17-25(26(28)18-22)23-13-15-24(16-14-23)27(29,30)31/h12-21H,3-11H2,1-2H3. The maximum absolute atomic E-state index is 14.6. The lowest BCUT2D eigenvalue weighted by Crippen LogP contribution is -2.16. The molecule has 1 atom stereocenters. The van der Waals surface area contributed by atoms with Gasteiger partial charge in [-0.05, 0) is 59.9 Å². The summed E-state index contributed by atoms with van der Waals surface area (Å²) >= 11 is 0. The van der Waals surface area contributed by atoms with Crippen molar-refractivity contribution in [2.24, 2.45) is 17.8 Å². The third-order valence-electron chi connectivity index (χ3n) is 7.13. The molecule has 0 saturated heterocycles. The van der Waals surface area contributed by atoms with Crippen LogP contribution in [0.15, 0.2) is 42.5 Å². The second-order valence-electron chi connectivity index (χ2n) is 9.41. The van der Waals surface area contributed by atoms with Gasteiger partial charge >= 0.3 is 6.18 Å². The van der Waals surface area contributed by atoms with E-state index in [0.717, 1.165) is 48.3 Å². The molecule has 31 heavy (non-hydrogen) atoms. The van der Waals surface area contributed by atoms with Crippen molar-refractivity contribution in [2.45, 2.75) is 77.8 Å². The molecule has 0 nitrogen and oxygen atoms in total. The van der Waals surface area contributed by atoms with Crippen LogP contribution in [0, 0.1) is 23.6 Å². The molecule has 0 aromatic heterocycles. The van der Waals surface area contributed by atoms with Gasteiger partial charge in [-0.15, -0.1) is 0 Å². The minimum atomic E-state index is -4.38. The van der Waals surface area contributed by atoms with E-state index in [0.29, 0.717) is 11.1 Å². The normalized spacial score (nSPS) is 20.6. The van der Waals surface area contributed by atoms with E-state index in [-0.39, 0.29) is 5.82 Å². The Bertz CT molecular complexity index is 814. The van der Waals surface area contributed by atoms with Crippen molar-refractivity contribution in [2.75, 3.05) is 0 Å². The van der Waals surface area contributed by atoms with Gasteiger partial charge in [0.25, 0.3) is 0 Å². The molecule has 4 heteroatoms. The molecule has 0 amide bonds. The molecule has 0 N–H and O–H groups in total. The van der Waals surface area contributed by atoms with Crippen LogP contribution in [0.2, 0.25) is 0 Å². The Morgan fingerprint density at radius 2 is 1.52 bits per heavy atom. The predicted molar refractivity (Wildman–Crippen MR) is 119 cm³/mol. The number of halogens is 4. The number of aryl methyl sites for hydroxylation is 1. The fraction of sp³-hybridized carbons (Fsp3) is 0.556. The first-order valence-corrected chi connectivity index (χ1v) is 11.7. The zero-order chi connectivity index (χ0) is 22.4. The molecule has 0 aliphatic heterocycles. The van der Waals surface area contributed by atoms with Crippen molar-refractivity contribution in [3.05, 3.63) is 59.4 Å². The van der Waals surface area contributed by atoms with Gasteiger partial charge in [0.05, 0.1) is 5.56 Å². The van der Waals surface area contributed by atoms with Crippen LogP contribution in [-0.4, -0.2) is 0 Å². The van der Waals surface area contributed by atoms with E-state index in [4.69, 9.17) is 0 Å². The van der Waals surface area contributed by atoms with E-state index in [1.54, 1.807) is 12.1 Å². The first kappa shape index (κ1) is 23.8. The molecule has 0 heterocycles. The molecule has 0 radical (unpaired) electrons. The molecule has 3 rings (SSSR count). The molecule has 2 aromatic rings. The van der Waals surface area contributed by atoms with Gasteiger partial charge < -0.3 is 0 Å². The van der Waals surface area contributed by atoms with E-state index in [1.807, 2.05) is 6.07 Å². The Balaban J connectivity index is 1.50. The molecule has 0 bridgehead atoms. The van der Waals surface area contributed by atoms with Crippen molar-refractivity contribution in [3.63, 3.8) is 0 Å². The van der Waals surface area contributed by atoms with Crippen molar-refractivity contribution < 1.29 is 17.6 Å². The van der Waals surface area contributed by atoms with Crippen LogP contribution in [0.4, 0.5) is 17.6 Å². The highest BCUT2D eigenvalue weighted by Crippen LogP contribution is 2.35. The molecule has 1 aliphatic rings. The van der Waals surface area contributed by atoms with Crippen molar-refractivity contribution >= 4 is 0 Å². The smallest absolute Gasteiger partial charge is 0.206 e. The van der Waals surface area contributed by atoms with Crippen molar-refractivity contribution in [1.29, 1.82) is 0 Å². The molecular formula is C27H34F4. The van der Waals surface area contributed by atoms with Crippen LogP contribution in [0.3, 0.4) is 0 Å². The highest BCUT2D eigenvalue weighted by molar-refractivity contribution is 5.64. The summed E-state index contributed by atoms with van der Waals surface area (Å²) in [6.07, 6.45) is 6.72. The topological polar surface area (TPSA) is 0 Å². The van der Waals surface area contributed by atoms with Crippen LogP contribution in [0.5, 0.6) is 0 Å². The SMILES string of the molecule is CCC(C)CCC1CCC(CCc2ccc(-c3ccc(C(F)(F)F)cc3)c(F)c2)CC1. The van der Waals surface area contributed by atoms with Gasteiger partial charge in [-0.2, -0.15) is 13.2 Å². The van der Waals surface area contributed by atoms with Gasteiger partial charge in [-0.1, -0.05) is 83.1 Å². The average molecular weight is 435 g/mol. The summed E-state index contributed by atoms with van der Waals surface area (Å²) in [5.41, 5.74) is 1.06. The minimum absolute atomic E-state index is 0.347. The Kier molecular flexibility index (Phi) is 8.18. The molecular weight excluding hydrogens is 400 g/mol. The average Bonchev–Trinajstić information content (AvgIpc) is 2.76. The lowest BCUT2D eigenvalue weighted by molar-refractivity contribution is -0.137. The molecule has 1 saturated carbocycles. The number of benzene rings is 2. The maximum atomic E-state index is 14.6. The summed E-state index contributed by atoms with van der Waals surface area (Å²) in [4.78, 5) is 0. The van der Waals surface area contributed by atoms with E-state index in [2.05, 4.69) is 13.8 Å². The van der Waals surface area contributed by atoms with Crippen molar-refractivity contribution in [3.8, 4) is 11.1 Å². The fourth-order valence-electron chi connectivity index (χ4n) is 4.69. The first-order chi connectivity index (χ1) is 14.8. The summed E-state index contributed by atoms with van der Waals surface area (Å²) in [6.45, 7) is 4.61. The largest absolute Gasteiger partial charge is 0.416 e. The van der Waals surface area contributed by atoms with Crippen LogP contribution < -0.4 is 0 Å². The van der Waals surface area contributed by atoms with Gasteiger partial charge in [0.1, 0.15) is 5.82 Å². The van der Waals surface area contributed by atoms with Gasteiger partial charge in [0.2, 0.25) is 0 Å². The lowest BCUT2D eigenvalue weighted by Gasteiger charge is -2.29. The number of alkyl halides is 3. The van der Waals surface area contributed by atoms with E-state index in [1.165, 1.54) is 57.1 Å². The van der Waals surface area contributed by atoms with Crippen molar-refractivity contribution in [1.82, 2.24) is 0 Å². The fourth-order valence-corrected chi connectivity index (χ4v) is 4.69. The third-order valence-corrected chi connectivity index (χ3v) is 7.13. The zero-order valence-corrected chi connectivity index (χ0v) is 18.6. The second-order valence-corrected chi connectivity index (χ2v) is 9.41. The molecule has 170 valence electrons. The summed E-state index contributed by atoms with van der Waals surface area (Å²) in [5.74, 6) is 2.06. The Hall–Kier alpha value is -1.84. The van der Waals surface area contributed by atoms with Gasteiger partial charge in [0, 0.05) is 5.56 Å². The maximum Gasteiger partial charge on any atom is 0.416 e. The zero-order valence-electron chi connectivity index (χ0n) is 18.6. The number of rotatable bonds is 8. The van der Waals surface area contributed by atoms with E-state index < -0.39 is 11.7 Å². The molecule has 1 fully saturated rings. The van der Waals surface area contributed by atoms with E-state index in [9.17, 15) is 17.6 Å². The third kappa shape index (κ3) is 6.82. The van der Waals surface area contributed by atoms with Crippen LogP contribution in [0.1, 0.15) is 76.3 Å². The van der Waals surface area contributed by atoms with Crippen LogP contribution in [0.25, 0.3) is 11.1 Å². The summed E-state index contributed by atoms with van der Waals surface area (Å²) in [6, 6.07) is 9.82. The molecule has 1 unspecified atom stereocenters. The Morgan fingerprint density at radius 1 is 0.903 bits per heavy atom. The Morgan fingerprint density at radius 3 is 2.06 bits per heavy atom. The molecule has 0 spiro atoms. The number of hydrogen-bond donors (Lipinski definition) is 0. The quantitative estimate of drug-likeness (QED) is 0.363. The van der Waals surface area contributed by atoms with Crippen LogP contribution >= 0.6 is 0 Å². The van der Waals surface area contributed by atoms with Gasteiger partial charge in [0.15, 0.2) is 0 Å². The summed E-state index contributed by atoms with van der Waals surface area (Å²) < 4.78 is 52.8. The highest BCUT2D eigenvalue weighted by atomic mass is 19.4. The number of hydrogen-bond acceptors (Lipinski definition) is 0. The predicted octanol–water partition coefficient (Wildman–Crippen LogP) is 9.08. The highest BCUT2D eigenvalue weighted by Gasteiger charge is 2.30. The molecule has 1 aliphatic carbocycles. The summed E-state index contributed by atoms with van der Waals surface area (Å²) in [5, 5.41) is 0. The second kappa shape index (κ2) is 10.7. The van der Waals surface area contributed by atoms with Gasteiger partial charge in [-0.3, -0.25) is 0 Å². The minimum Gasteiger partial charge on any atom is -0.206 e. The molecule has 2 aromatic carbocycles. The summed E-state index contributed by atoms with van der Waals surface area (Å²) in [7, 11) is 0. The van der Waals surface area contributed by atoms with E-state index >= 15 is 0 Å². The monoisotopic (exact) mass is 434 g/mol. The van der Waals surface area contributed by atoms with Gasteiger partial charge in [-0.25, -0.2) is 4.39 Å².